The Morgan fingerprint density at radius 3 is 2.50 bits per heavy atom. The molecule has 2 aromatic rings. The monoisotopic (exact) mass is 492 g/mol. The van der Waals surface area contributed by atoms with Crippen molar-refractivity contribution < 1.29 is 27.1 Å². The quantitative estimate of drug-likeness (QED) is 0.482. The molecular formula is C18H17BrF4N4O3. The Morgan fingerprint density at radius 2 is 1.90 bits per heavy atom. The molecule has 12 heteroatoms. The molecule has 1 fully saturated rings. The molecule has 7 nitrogen and oxygen atoms in total. The van der Waals surface area contributed by atoms with Crippen molar-refractivity contribution in [3.63, 3.8) is 0 Å². The van der Waals surface area contributed by atoms with Gasteiger partial charge >= 0.3 is 18.2 Å². The van der Waals surface area contributed by atoms with Crippen molar-refractivity contribution in [2.75, 3.05) is 38.1 Å². The van der Waals surface area contributed by atoms with Gasteiger partial charge in [0.1, 0.15) is 10.3 Å². The smallest absolute Gasteiger partial charge is 0.385 e. The number of hydrogen-bond acceptors (Lipinski definition) is 6. The van der Waals surface area contributed by atoms with Crippen LogP contribution < -0.4 is 15.2 Å². The molecule has 30 heavy (non-hydrogen) atoms. The average Bonchev–Trinajstić information content (AvgIpc) is 2.67. The van der Waals surface area contributed by atoms with Crippen LogP contribution in [0.2, 0.25) is 0 Å². The first-order chi connectivity index (χ1) is 14.1. The van der Waals surface area contributed by atoms with Gasteiger partial charge in [-0.15, -0.1) is 0 Å². The van der Waals surface area contributed by atoms with Crippen molar-refractivity contribution in [2.24, 2.45) is 0 Å². The molecule has 1 aromatic heterocycles. The molecule has 0 amide bonds. The van der Waals surface area contributed by atoms with Gasteiger partial charge in [0.15, 0.2) is 5.82 Å². The number of anilines is 1. The lowest BCUT2D eigenvalue weighted by Gasteiger charge is -2.33. The van der Waals surface area contributed by atoms with Gasteiger partial charge in [-0.1, -0.05) is 12.1 Å². The molecule has 0 bridgehead atoms. The molecule has 0 unspecified atom stereocenters. The highest BCUT2D eigenvalue weighted by Crippen LogP contribution is 2.26. The van der Waals surface area contributed by atoms with Gasteiger partial charge in [-0.05, 0) is 40.7 Å². The summed E-state index contributed by atoms with van der Waals surface area (Å²) in [4.78, 5) is 32.1. The van der Waals surface area contributed by atoms with Crippen molar-refractivity contribution in [2.45, 2.75) is 12.7 Å². The number of benzene rings is 1. The SMILES string of the molecule is CN1CCN(c2nc(OC(=O)C(F)(F)F)n(Cc3cccc(F)c3)c(=O)c2Br)CC1. The first-order valence-electron chi connectivity index (χ1n) is 8.83. The van der Waals surface area contributed by atoms with E-state index in [0.717, 1.165) is 10.6 Å². The van der Waals surface area contributed by atoms with E-state index in [1.54, 1.807) is 4.90 Å². The summed E-state index contributed by atoms with van der Waals surface area (Å²) in [5, 5.41) is 0. The van der Waals surface area contributed by atoms with Crippen LogP contribution in [0.4, 0.5) is 23.4 Å². The minimum Gasteiger partial charge on any atom is -0.385 e. The number of piperazine rings is 1. The molecule has 1 aliphatic heterocycles. The number of rotatable bonds is 4. The lowest BCUT2D eigenvalue weighted by Crippen LogP contribution is -2.45. The summed E-state index contributed by atoms with van der Waals surface area (Å²) in [6.07, 6.45) is -5.28. The summed E-state index contributed by atoms with van der Waals surface area (Å²) in [6.45, 7) is 1.91. The maximum Gasteiger partial charge on any atom is 0.491 e. The zero-order valence-corrected chi connectivity index (χ0v) is 17.3. The number of nitrogens with zero attached hydrogens (tertiary/aromatic N) is 4. The number of ether oxygens (including phenoxy) is 1. The van der Waals surface area contributed by atoms with E-state index in [9.17, 15) is 27.2 Å². The molecular weight excluding hydrogens is 476 g/mol. The molecule has 3 rings (SSSR count). The van der Waals surface area contributed by atoms with Crippen LogP contribution >= 0.6 is 15.9 Å². The maximum atomic E-state index is 13.5. The topological polar surface area (TPSA) is 67.7 Å². The summed E-state index contributed by atoms with van der Waals surface area (Å²) in [5.74, 6) is -3.02. The maximum absolute atomic E-state index is 13.5. The van der Waals surface area contributed by atoms with Crippen molar-refractivity contribution in [3.8, 4) is 6.01 Å². The van der Waals surface area contributed by atoms with Gasteiger partial charge in [-0.25, -0.2) is 9.18 Å². The second kappa shape index (κ2) is 8.72. The Balaban J connectivity index is 2.06. The first-order valence-corrected chi connectivity index (χ1v) is 9.63. The zero-order chi connectivity index (χ0) is 22.1. The number of hydrogen-bond donors (Lipinski definition) is 0. The second-order valence-electron chi connectivity index (χ2n) is 6.73. The summed E-state index contributed by atoms with van der Waals surface area (Å²) >= 11 is 3.16. The van der Waals surface area contributed by atoms with Crippen LogP contribution in [0, 0.1) is 5.82 Å². The number of carbonyl (C=O) groups excluding carboxylic acids is 1. The van der Waals surface area contributed by atoms with Crippen molar-refractivity contribution in [3.05, 3.63) is 50.5 Å². The molecule has 162 valence electrons. The number of halogens is 5. The van der Waals surface area contributed by atoms with Crippen LogP contribution in [0.3, 0.4) is 0 Å². The van der Waals surface area contributed by atoms with Crippen LogP contribution in [0.25, 0.3) is 0 Å². The largest absolute Gasteiger partial charge is 0.491 e. The van der Waals surface area contributed by atoms with Crippen LogP contribution in [0.1, 0.15) is 5.56 Å². The Hall–Kier alpha value is -2.47. The zero-order valence-electron chi connectivity index (χ0n) is 15.7. The Kier molecular flexibility index (Phi) is 6.46. The summed E-state index contributed by atoms with van der Waals surface area (Å²) in [7, 11) is 1.91. The van der Waals surface area contributed by atoms with E-state index in [0.29, 0.717) is 26.2 Å². The fourth-order valence-corrected chi connectivity index (χ4v) is 3.46. The third kappa shape index (κ3) is 4.98. The minimum atomic E-state index is -5.28. The predicted octanol–water partition coefficient (Wildman–Crippen LogP) is 2.41. The molecule has 0 spiro atoms. The molecule has 1 saturated heterocycles. The molecule has 0 aliphatic carbocycles. The molecule has 0 atom stereocenters. The predicted molar refractivity (Wildman–Crippen MR) is 103 cm³/mol. The van der Waals surface area contributed by atoms with E-state index in [4.69, 9.17) is 0 Å². The fraction of sp³-hybridized carbons (Fsp3) is 0.389. The van der Waals surface area contributed by atoms with Crippen LogP contribution in [0.15, 0.2) is 33.5 Å². The van der Waals surface area contributed by atoms with Gasteiger partial charge in [0.2, 0.25) is 0 Å². The van der Waals surface area contributed by atoms with E-state index in [1.165, 1.54) is 18.2 Å². The Labute approximate surface area is 177 Å². The van der Waals surface area contributed by atoms with E-state index >= 15 is 0 Å². The number of carbonyl (C=O) groups is 1. The highest BCUT2D eigenvalue weighted by molar-refractivity contribution is 9.10. The number of likely N-dealkylation sites (N-methyl/N-ethyl adjacent to an activating group) is 1. The van der Waals surface area contributed by atoms with E-state index in [1.807, 2.05) is 11.9 Å². The fourth-order valence-electron chi connectivity index (χ4n) is 2.90. The summed E-state index contributed by atoms with van der Waals surface area (Å²) < 4.78 is 57.0. The van der Waals surface area contributed by atoms with Gasteiger partial charge in [0.25, 0.3) is 5.56 Å². The van der Waals surface area contributed by atoms with Gasteiger partial charge in [0.05, 0.1) is 6.54 Å². The first kappa shape index (κ1) is 22.2. The minimum absolute atomic E-state index is 0.00950. The van der Waals surface area contributed by atoms with Crippen molar-refractivity contribution >= 4 is 27.7 Å². The third-order valence-corrected chi connectivity index (χ3v) is 5.20. The Morgan fingerprint density at radius 1 is 1.23 bits per heavy atom. The molecule has 1 aliphatic rings. The van der Waals surface area contributed by atoms with E-state index in [-0.39, 0.29) is 22.4 Å². The standard InChI is InChI=1S/C18H17BrF4N4O3/c1-25-5-7-26(8-6-25)14-13(19)15(28)27(10-11-3-2-4-12(20)9-11)17(24-14)30-16(29)18(21,22)23/h2-4,9H,5-8,10H2,1H3. The van der Waals surface area contributed by atoms with Crippen LogP contribution in [0.5, 0.6) is 6.01 Å². The lowest BCUT2D eigenvalue weighted by molar-refractivity contribution is -0.190. The van der Waals surface area contributed by atoms with Gasteiger partial charge in [-0.3, -0.25) is 9.36 Å². The number of esters is 1. The molecule has 0 N–H and O–H groups in total. The number of aromatic nitrogens is 2. The third-order valence-electron chi connectivity index (χ3n) is 4.51. The second-order valence-corrected chi connectivity index (χ2v) is 7.52. The van der Waals surface area contributed by atoms with Crippen molar-refractivity contribution in [1.82, 2.24) is 14.5 Å². The average molecular weight is 493 g/mol. The Bertz CT molecular complexity index is 1000. The summed E-state index contributed by atoms with van der Waals surface area (Å²) in [6, 6.07) is 4.35. The summed E-state index contributed by atoms with van der Waals surface area (Å²) in [5.41, 5.74) is -0.476. The molecule has 0 radical (unpaired) electrons. The molecule has 2 heterocycles. The van der Waals surface area contributed by atoms with Gasteiger partial charge < -0.3 is 14.5 Å². The molecule has 0 saturated carbocycles. The normalized spacial score (nSPS) is 15.3. The lowest BCUT2D eigenvalue weighted by atomic mass is 10.2. The highest BCUT2D eigenvalue weighted by atomic mass is 79.9. The van der Waals surface area contributed by atoms with Crippen LogP contribution in [-0.4, -0.2) is 59.8 Å². The molecule has 1 aromatic carbocycles. The van der Waals surface area contributed by atoms with Crippen LogP contribution in [-0.2, 0) is 11.3 Å². The highest BCUT2D eigenvalue weighted by Gasteiger charge is 2.42. The number of alkyl halides is 3. The van der Waals surface area contributed by atoms with Gasteiger partial charge in [-0.2, -0.15) is 18.2 Å². The van der Waals surface area contributed by atoms with E-state index in [2.05, 4.69) is 25.7 Å². The van der Waals surface area contributed by atoms with Gasteiger partial charge in [0, 0.05) is 26.2 Å². The van der Waals surface area contributed by atoms with Crippen molar-refractivity contribution in [1.29, 1.82) is 0 Å². The van der Waals surface area contributed by atoms with E-state index < -0.39 is 29.5 Å².